The van der Waals surface area contributed by atoms with E-state index in [0.29, 0.717) is 0 Å². The summed E-state index contributed by atoms with van der Waals surface area (Å²) in [6.45, 7) is 4.04. The van der Waals surface area contributed by atoms with Gasteiger partial charge < -0.3 is 0 Å². The molecule has 0 unspecified atom stereocenters. The quantitative estimate of drug-likeness (QED) is 0.634. The van der Waals surface area contributed by atoms with Crippen molar-refractivity contribution >= 4 is 11.0 Å². The lowest BCUT2D eigenvalue weighted by atomic mass is 10.3. The van der Waals surface area contributed by atoms with E-state index in [0.717, 1.165) is 28.2 Å². The molecule has 84 valence electrons. The maximum atomic E-state index is 4.53. The molecule has 17 heavy (non-hydrogen) atoms. The summed E-state index contributed by atoms with van der Waals surface area (Å²) >= 11 is 0. The Morgan fingerprint density at radius 3 is 2.59 bits per heavy atom. The van der Waals surface area contributed by atoms with Crippen LogP contribution in [0.4, 0.5) is 0 Å². The van der Waals surface area contributed by atoms with Crippen LogP contribution in [0.2, 0.25) is 0 Å². The maximum Gasteiger partial charge on any atom is 0.138 e. The largest absolute Gasteiger partial charge is 0.281 e. The molecule has 0 saturated heterocycles. The summed E-state index contributed by atoms with van der Waals surface area (Å²) in [5.41, 5.74) is 3.27. The molecule has 1 aromatic carbocycles. The molecule has 3 heteroatoms. The molecule has 0 fully saturated rings. The number of para-hydroxylation sites is 2. The van der Waals surface area contributed by atoms with Crippen molar-refractivity contribution < 1.29 is 0 Å². The average Bonchev–Trinajstić information content (AvgIpc) is 2.66. The van der Waals surface area contributed by atoms with Crippen LogP contribution in [0, 0.1) is 13.8 Å². The molecule has 0 amide bonds. The third-order valence-corrected chi connectivity index (χ3v) is 2.85. The van der Waals surface area contributed by atoms with Crippen LogP contribution in [0.5, 0.6) is 0 Å². The zero-order valence-electron chi connectivity index (χ0n) is 9.88. The van der Waals surface area contributed by atoms with Crippen molar-refractivity contribution in [3.8, 4) is 5.82 Å². The SMILES string of the molecule is Cc1ccc(-n2c(C)nc3ccccc32)nc1. The number of aromatic nitrogens is 3. The molecule has 2 heterocycles. The minimum Gasteiger partial charge on any atom is -0.281 e. The maximum absolute atomic E-state index is 4.53. The Balaban J connectivity index is 2.29. The number of fused-ring (bicyclic) bond motifs is 1. The summed E-state index contributed by atoms with van der Waals surface area (Å²) in [7, 11) is 0. The molecular formula is C14H13N3. The van der Waals surface area contributed by atoms with Gasteiger partial charge in [-0.3, -0.25) is 4.57 Å². The molecule has 0 aliphatic rings. The summed E-state index contributed by atoms with van der Waals surface area (Å²) in [6.07, 6.45) is 1.88. The zero-order chi connectivity index (χ0) is 11.8. The van der Waals surface area contributed by atoms with E-state index in [1.807, 2.05) is 44.3 Å². The van der Waals surface area contributed by atoms with E-state index in [9.17, 15) is 0 Å². The Morgan fingerprint density at radius 2 is 1.82 bits per heavy atom. The van der Waals surface area contributed by atoms with Gasteiger partial charge in [0.2, 0.25) is 0 Å². The summed E-state index contributed by atoms with van der Waals surface area (Å²) in [5.74, 6) is 1.88. The van der Waals surface area contributed by atoms with Crippen molar-refractivity contribution in [1.29, 1.82) is 0 Å². The molecule has 3 rings (SSSR count). The molecule has 2 aromatic heterocycles. The van der Waals surface area contributed by atoms with E-state index < -0.39 is 0 Å². The first-order valence-corrected chi connectivity index (χ1v) is 5.63. The molecule has 0 bridgehead atoms. The van der Waals surface area contributed by atoms with E-state index in [1.165, 1.54) is 0 Å². The van der Waals surface area contributed by atoms with Crippen LogP contribution in [-0.2, 0) is 0 Å². The van der Waals surface area contributed by atoms with E-state index in [1.54, 1.807) is 0 Å². The summed E-state index contributed by atoms with van der Waals surface area (Å²) in [4.78, 5) is 8.99. The normalized spacial score (nSPS) is 10.9. The molecule has 0 N–H and O–H groups in total. The molecule has 0 atom stereocenters. The topological polar surface area (TPSA) is 30.7 Å². The van der Waals surface area contributed by atoms with Gasteiger partial charge in [-0.2, -0.15) is 0 Å². The van der Waals surface area contributed by atoms with Gasteiger partial charge in [-0.05, 0) is 37.6 Å². The van der Waals surface area contributed by atoms with Crippen LogP contribution in [0.25, 0.3) is 16.9 Å². The third kappa shape index (κ3) is 1.60. The lowest BCUT2D eigenvalue weighted by Gasteiger charge is -2.05. The highest BCUT2D eigenvalue weighted by Crippen LogP contribution is 2.19. The highest BCUT2D eigenvalue weighted by Gasteiger charge is 2.08. The molecule has 3 aromatic rings. The Labute approximate surface area is 99.8 Å². The minimum atomic E-state index is 0.918. The second kappa shape index (κ2) is 3.70. The fourth-order valence-corrected chi connectivity index (χ4v) is 2.03. The van der Waals surface area contributed by atoms with Crippen molar-refractivity contribution in [2.24, 2.45) is 0 Å². The van der Waals surface area contributed by atoms with Crippen molar-refractivity contribution in [1.82, 2.24) is 14.5 Å². The molecule has 0 saturated carbocycles. The van der Waals surface area contributed by atoms with Gasteiger partial charge in [0, 0.05) is 6.20 Å². The van der Waals surface area contributed by atoms with Gasteiger partial charge in [0.15, 0.2) is 0 Å². The van der Waals surface area contributed by atoms with Gasteiger partial charge in [0.25, 0.3) is 0 Å². The minimum absolute atomic E-state index is 0.918. The monoisotopic (exact) mass is 223 g/mol. The Kier molecular flexibility index (Phi) is 2.18. The summed E-state index contributed by atoms with van der Waals surface area (Å²) in [5, 5.41) is 0. The van der Waals surface area contributed by atoms with Gasteiger partial charge >= 0.3 is 0 Å². The van der Waals surface area contributed by atoms with Crippen molar-refractivity contribution in [2.45, 2.75) is 13.8 Å². The lowest BCUT2D eigenvalue weighted by Crippen LogP contribution is -1.99. The smallest absolute Gasteiger partial charge is 0.138 e. The van der Waals surface area contributed by atoms with Crippen LogP contribution in [0.3, 0.4) is 0 Å². The second-order valence-electron chi connectivity index (χ2n) is 4.18. The summed E-state index contributed by atoms with van der Waals surface area (Å²) < 4.78 is 2.08. The Morgan fingerprint density at radius 1 is 1.00 bits per heavy atom. The van der Waals surface area contributed by atoms with Crippen LogP contribution in [0.15, 0.2) is 42.6 Å². The van der Waals surface area contributed by atoms with Crippen LogP contribution in [0.1, 0.15) is 11.4 Å². The number of rotatable bonds is 1. The number of hydrogen-bond donors (Lipinski definition) is 0. The molecule has 0 aliphatic carbocycles. The van der Waals surface area contributed by atoms with Crippen molar-refractivity contribution in [3.05, 3.63) is 54.0 Å². The zero-order valence-corrected chi connectivity index (χ0v) is 9.88. The standard InChI is InChI=1S/C14H13N3/c1-10-7-8-14(15-9-10)17-11(2)16-12-5-3-4-6-13(12)17/h3-9H,1-2H3. The van der Waals surface area contributed by atoms with E-state index in [2.05, 4.69) is 26.7 Å². The second-order valence-corrected chi connectivity index (χ2v) is 4.18. The summed E-state index contributed by atoms with van der Waals surface area (Å²) in [6, 6.07) is 12.2. The number of pyridine rings is 1. The predicted octanol–water partition coefficient (Wildman–Crippen LogP) is 3.04. The van der Waals surface area contributed by atoms with Gasteiger partial charge in [-0.1, -0.05) is 18.2 Å². The first kappa shape index (κ1) is 10.0. The molecule has 0 aliphatic heterocycles. The van der Waals surface area contributed by atoms with E-state index in [-0.39, 0.29) is 0 Å². The highest BCUT2D eigenvalue weighted by molar-refractivity contribution is 5.77. The van der Waals surface area contributed by atoms with Gasteiger partial charge in [0.05, 0.1) is 11.0 Å². The van der Waals surface area contributed by atoms with Gasteiger partial charge in [-0.15, -0.1) is 0 Å². The van der Waals surface area contributed by atoms with Crippen LogP contribution < -0.4 is 0 Å². The number of aryl methyl sites for hydroxylation is 2. The first-order chi connectivity index (χ1) is 8.25. The van der Waals surface area contributed by atoms with Crippen molar-refractivity contribution in [3.63, 3.8) is 0 Å². The fourth-order valence-electron chi connectivity index (χ4n) is 2.03. The van der Waals surface area contributed by atoms with E-state index in [4.69, 9.17) is 0 Å². The molecular weight excluding hydrogens is 210 g/mol. The molecule has 0 radical (unpaired) electrons. The Hall–Kier alpha value is -2.16. The van der Waals surface area contributed by atoms with Gasteiger partial charge in [-0.25, -0.2) is 9.97 Å². The van der Waals surface area contributed by atoms with Crippen LogP contribution >= 0.6 is 0 Å². The van der Waals surface area contributed by atoms with Crippen molar-refractivity contribution in [2.75, 3.05) is 0 Å². The lowest BCUT2D eigenvalue weighted by molar-refractivity contribution is 0.954. The average molecular weight is 223 g/mol. The molecule has 0 spiro atoms. The number of imidazole rings is 1. The highest BCUT2D eigenvalue weighted by atomic mass is 15.1. The third-order valence-electron chi connectivity index (χ3n) is 2.85. The number of nitrogens with zero attached hydrogens (tertiary/aromatic N) is 3. The van der Waals surface area contributed by atoms with E-state index >= 15 is 0 Å². The van der Waals surface area contributed by atoms with Crippen LogP contribution in [-0.4, -0.2) is 14.5 Å². The predicted molar refractivity (Wildman–Crippen MR) is 68.3 cm³/mol. The number of benzene rings is 1. The molecule has 3 nitrogen and oxygen atoms in total. The fraction of sp³-hybridized carbons (Fsp3) is 0.143. The first-order valence-electron chi connectivity index (χ1n) is 5.63. The van der Waals surface area contributed by atoms with Gasteiger partial charge in [0.1, 0.15) is 11.6 Å². The number of hydrogen-bond acceptors (Lipinski definition) is 2. The Bertz CT molecular complexity index is 666.